The van der Waals surface area contributed by atoms with E-state index in [1.54, 1.807) is 0 Å². The SMILES string of the molecule is Cc1c(-c2ccccc2)cccc1-c1nc2cc(C=O)c(OC(F)F)cc2o1. The van der Waals surface area contributed by atoms with E-state index < -0.39 is 6.61 Å². The van der Waals surface area contributed by atoms with Crippen LogP contribution in [0.25, 0.3) is 33.7 Å². The number of hydrogen-bond acceptors (Lipinski definition) is 4. The molecule has 0 N–H and O–H groups in total. The fourth-order valence-corrected chi connectivity index (χ4v) is 3.17. The van der Waals surface area contributed by atoms with Crippen molar-refractivity contribution >= 4 is 17.4 Å². The summed E-state index contributed by atoms with van der Waals surface area (Å²) in [6, 6.07) is 18.3. The third-order valence-corrected chi connectivity index (χ3v) is 4.51. The second-order valence-electron chi connectivity index (χ2n) is 6.22. The Hall–Kier alpha value is -3.54. The van der Waals surface area contributed by atoms with Crippen molar-refractivity contribution in [3.8, 4) is 28.3 Å². The van der Waals surface area contributed by atoms with Crippen LogP contribution < -0.4 is 4.74 Å². The number of nitrogens with zero attached hydrogens (tertiary/aromatic N) is 1. The molecule has 0 bridgehead atoms. The highest BCUT2D eigenvalue weighted by Crippen LogP contribution is 2.34. The first kappa shape index (κ1) is 17.9. The smallest absolute Gasteiger partial charge is 0.387 e. The fourth-order valence-electron chi connectivity index (χ4n) is 3.17. The van der Waals surface area contributed by atoms with Crippen molar-refractivity contribution < 1.29 is 22.7 Å². The zero-order valence-corrected chi connectivity index (χ0v) is 14.9. The van der Waals surface area contributed by atoms with E-state index in [2.05, 4.69) is 9.72 Å². The summed E-state index contributed by atoms with van der Waals surface area (Å²) in [5.74, 6) is 0.103. The van der Waals surface area contributed by atoms with Gasteiger partial charge in [-0.3, -0.25) is 4.79 Å². The van der Waals surface area contributed by atoms with Gasteiger partial charge in [-0.15, -0.1) is 0 Å². The molecule has 0 spiro atoms. The zero-order chi connectivity index (χ0) is 19.7. The van der Waals surface area contributed by atoms with Crippen LogP contribution in [-0.4, -0.2) is 17.9 Å². The third-order valence-electron chi connectivity index (χ3n) is 4.51. The van der Waals surface area contributed by atoms with Gasteiger partial charge in [0.1, 0.15) is 11.3 Å². The Kier molecular flexibility index (Phi) is 4.61. The molecular weight excluding hydrogens is 364 g/mol. The molecule has 4 aromatic rings. The van der Waals surface area contributed by atoms with E-state index in [-0.39, 0.29) is 16.9 Å². The standard InChI is InChI=1S/C22H15F2NO3/c1-13-16(14-6-3-2-4-7-14)8-5-9-17(13)21-25-18-10-15(12-26)19(28-22(23)24)11-20(18)27-21/h2-12,22H,1H3. The number of carbonyl (C=O) groups excluding carboxylic acids is 1. The molecule has 4 rings (SSSR count). The second-order valence-corrected chi connectivity index (χ2v) is 6.22. The number of rotatable bonds is 5. The second kappa shape index (κ2) is 7.23. The van der Waals surface area contributed by atoms with Crippen LogP contribution in [0.1, 0.15) is 15.9 Å². The molecule has 28 heavy (non-hydrogen) atoms. The van der Waals surface area contributed by atoms with Crippen molar-refractivity contribution in [2.45, 2.75) is 13.5 Å². The minimum Gasteiger partial charge on any atom is -0.436 e. The van der Waals surface area contributed by atoms with E-state index in [4.69, 9.17) is 4.42 Å². The topological polar surface area (TPSA) is 52.3 Å². The molecule has 1 aromatic heterocycles. The monoisotopic (exact) mass is 379 g/mol. The first-order valence-corrected chi connectivity index (χ1v) is 8.57. The molecule has 0 saturated heterocycles. The zero-order valence-electron chi connectivity index (χ0n) is 14.9. The van der Waals surface area contributed by atoms with E-state index in [1.165, 1.54) is 12.1 Å². The molecule has 0 aliphatic carbocycles. The number of hydrogen-bond donors (Lipinski definition) is 0. The number of fused-ring (bicyclic) bond motifs is 1. The van der Waals surface area contributed by atoms with Crippen molar-refractivity contribution in [3.63, 3.8) is 0 Å². The van der Waals surface area contributed by atoms with Gasteiger partial charge in [-0.1, -0.05) is 42.5 Å². The molecule has 0 fully saturated rings. The van der Waals surface area contributed by atoms with Gasteiger partial charge in [-0.2, -0.15) is 8.78 Å². The molecule has 0 unspecified atom stereocenters. The van der Waals surface area contributed by atoms with Crippen molar-refractivity contribution in [1.29, 1.82) is 0 Å². The van der Waals surface area contributed by atoms with Crippen LogP contribution in [-0.2, 0) is 0 Å². The molecule has 0 radical (unpaired) electrons. The van der Waals surface area contributed by atoms with Crippen LogP contribution in [0.5, 0.6) is 5.75 Å². The lowest BCUT2D eigenvalue weighted by molar-refractivity contribution is -0.0500. The number of ether oxygens (including phenoxy) is 1. The fraction of sp³-hybridized carbons (Fsp3) is 0.0909. The molecule has 1 heterocycles. The maximum Gasteiger partial charge on any atom is 0.387 e. The third kappa shape index (κ3) is 3.24. The summed E-state index contributed by atoms with van der Waals surface area (Å²) in [6.07, 6.45) is 0.451. The molecule has 4 nitrogen and oxygen atoms in total. The van der Waals surface area contributed by atoms with Crippen LogP contribution in [0.15, 0.2) is 65.1 Å². The van der Waals surface area contributed by atoms with Crippen LogP contribution in [0.2, 0.25) is 0 Å². The number of halogens is 2. The summed E-state index contributed by atoms with van der Waals surface area (Å²) in [6.45, 7) is -1.07. The Labute approximate surface area is 159 Å². The number of carbonyl (C=O) groups is 1. The quantitative estimate of drug-likeness (QED) is 0.406. The minimum atomic E-state index is -3.04. The molecule has 140 valence electrons. The van der Waals surface area contributed by atoms with Crippen LogP contribution in [0.3, 0.4) is 0 Å². The highest BCUT2D eigenvalue weighted by atomic mass is 19.3. The summed E-state index contributed by atoms with van der Waals surface area (Å²) in [5, 5.41) is 0. The van der Waals surface area contributed by atoms with Crippen molar-refractivity contribution in [2.75, 3.05) is 0 Å². The summed E-state index contributed by atoms with van der Waals surface area (Å²) in [4.78, 5) is 15.6. The Morgan fingerprint density at radius 1 is 1.04 bits per heavy atom. The van der Waals surface area contributed by atoms with Crippen molar-refractivity contribution in [3.05, 3.63) is 71.8 Å². The van der Waals surface area contributed by atoms with Crippen LogP contribution in [0, 0.1) is 6.92 Å². The maximum atomic E-state index is 12.6. The minimum absolute atomic E-state index is 0.0117. The summed E-state index contributed by atoms with van der Waals surface area (Å²) in [7, 11) is 0. The van der Waals surface area contributed by atoms with Gasteiger partial charge >= 0.3 is 6.61 Å². The average molecular weight is 379 g/mol. The van der Waals surface area contributed by atoms with E-state index >= 15 is 0 Å². The van der Waals surface area contributed by atoms with E-state index in [0.29, 0.717) is 17.7 Å². The number of aldehydes is 1. The van der Waals surface area contributed by atoms with E-state index in [0.717, 1.165) is 22.3 Å². The lowest BCUT2D eigenvalue weighted by Crippen LogP contribution is -2.04. The van der Waals surface area contributed by atoms with Gasteiger partial charge in [-0.05, 0) is 35.7 Å². The van der Waals surface area contributed by atoms with Crippen molar-refractivity contribution in [1.82, 2.24) is 4.98 Å². The predicted molar refractivity (Wildman–Crippen MR) is 102 cm³/mol. The van der Waals surface area contributed by atoms with Crippen molar-refractivity contribution in [2.24, 2.45) is 0 Å². The molecular formula is C22H15F2NO3. The van der Waals surface area contributed by atoms with E-state index in [1.807, 2.05) is 55.5 Å². The normalized spacial score (nSPS) is 11.1. The number of benzene rings is 3. The highest BCUT2D eigenvalue weighted by Gasteiger charge is 2.17. The van der Waals surface area contributed by atoms with Gasteiger partial charge < -0.3 is 9.15 Å². The van der Waals surface area contributed by atoms with E-state index in [9.17, 15) is 13.6 Å². The average Bonchev–Trinajstić information content (AvgIpc) is 3.10. The van der Waals surface area contributed by atoms with Gasteiger partial charge in [0.05, 0.1) is 5.56 Å². The van der Waals surface area contributed by atoms with Crippen LogP contribution in [0.4, 0.5) is 8.78 Å². The van der Waals surface area contributed by atoms with Gasteiger partial charge in [0, 0.05) is 11.6 Å². The number of aromatic nitrogens is 1. The Balaban J connectivity index is 1.83. The Morgan fingerprint density at radius 3 is 2.50 bits per heavy atom. The van der Waals surface area contributed by atoms with Gasteiger partial charge in [0.25, 0.3) is 0 Å². The Bertz CT molecular complexity index is 1150. The van der Waals surface area contributed by atoms with Crippen LogP contribution >= 0.6 is 0 Å². The molecule has 0 aliphatic heterocycles. The molecule has 6 heteroatoms. The Morgan fingerprint density at radius 2 is 1.79 bits per heavy atom. The maximum absolute atomic E-state index is 12.6. The largest absolute Gasteiger partial charge is 0.436 e. The van der Waals surface area contributed by atoms with Gasteiger partial charge in [0.15, 0.2) is 11.9 Å². The first-order chi connectivity index (χ1) is 13.6. The van der Waals surface area contributed by atoms with Gasteiger partial charge in [0.2, 0.25) is 5.89 Å². The molecule has 0 aliphatic rings. The molecule has 3 aromatic carbocycles. The summed E-state index contributed by atoms with van der Waals surface area (Å²) >= 11 is 0. The lowest BCUT2D eigenvalue weighted by Gasteiger charge is -2.09. The number of oxazole rings is 1. The summed E-state index contributed by atoms with van der Waals surface area (Å²) < 4.78 is 35.4. The molecule has 0 atom stereocenters. The highest BCUT2D eigenvalue weighted by molar-refractivity contribution is 5.89. The summed E-state index contributed by atoms with van der Waals surface area (Å²) in [5.41, 5.74) is 4.50. The van der Waals surface area contributed by atoms with Gasteiger partial charge in [-0.25, -0.2) is 4.98 Å². The predicted octanol–water partition coefficient (Wildman–Crippen LogP) is 5.88. The first-order valence-electron chi connectivity index (χ1n) is 8.57. The lowest BCUT2D eigenvalue weighted by atomic mass is 9.96. The molecule has 0 amide bonds. The number of alkyl halides is 2. The molecule has 0 saturated carbocycles.